The van der Waals surface area contributed by atoms with Crippen LogP contribution in [0.15, 0.2) is 36.1 Å². The van der Waals surface area contributed by atoms with Crippen LogP contribution in [0.3, 0.4) is 0 Å². The van der Waals surface area contributed by atoms with E-state index in [9.17, 15) is 9.59 Å². The molecule has 0 heterocycles. The maximum absolute atomic E-state index is 11.6. The van der Waals surface area contributed by atoms with Crippen LogP contribution in [0.1, 0.15) is 6.92 Å². The highest BCUT2D eigenvalue weighted by Gasteiger charge is 2.10. The maximum Gasteiger partial charge on any atom is 0.349 e. The van der Waals surface area contributed by atoms with Crippen molar-refractivity contribution >= 4 is 11.9 Å². The van der Waals surface area contributed by atoms with Crippen LogP contribution in [-0.2, 0) is 19.1 Å². The van der Waals surface area contributed by atoms with E-state index in [0.717, 1.165) is 0 Å². The Morgan fingerprint density at radius 3 is 2.41 bits per heavy atom. The fraction of sp³-hybridized carbons (Fsp3) is 0.400. The summed E-state index contributed by atoms with van der Waals surface area (Å²) in [5, 5.41) is 17.6. The van der Waals surface area contributed by atoms with Gasteiger partial charge in [0.25, 0.3) is 0 Å². The lowest BCUT2D eigenvalue weighted by atomic mass is 10.3. The molecule has 0 atom stereocenters. The minimum absolute atomic E-state index is 0.000601. The zero-order valence-corrected chi connectivity index (χ0v) is 12.7. The minimum Gasteiger partial charge on any atom is -0.459 e. The van der Waals surface area contributed by atoms with Crippen molar-refractivity contribution in [3.63, 3.8) is 0 Å². The van der Waals surface area contributed by atoms with Crippen molar-refractivity contribution < 1.29 is 24.2 Å². The van der Waals surface area contributed by atoms with E-state index in [1.54, 1.807) is 24.2 Å². The van der Waals surface area contributed by atoms with Crippen molar-refractivity contribution in [2.45, 2.75) is 6.92 Å². The molecule has 120 valence electrons. The third kappa shape index (κ3) is 8.55. The third-order valence-corrected chi connectivity index (χ3v) is 2.29. The molecule has 0 fully saturated rings. The van der Waals surface area contributed by atoms with E-state index in [-0.39, 0.29) is 31.0 Å². The van der Waals surface area contributed by atoms with Gasteiger partial charge in [-0.1, -0.05) is 6.58 Å². The highest BCUT2D eigenvalue weighted by atomic mass is 16.6. The number of carbonyl (C=O) groups is 2. The van der Waals surface area contributed by atoms with Crippen LogP contribution < -0.4 is 0 Å². The first kappa shape index (κ1) is 19.4. The van der Waals surface area contributed by atoms with E-state index in [1.807, 2.05) is 0 Å². The van der Waals surface area contributed by atoms with Crippen molar-refractivity contribution in [1.82, 2.24) is 4.90 Å². The molecule has 0 radical (unpaired) electrons. The summed E-state index contributed by atoms with van der Waals surface area (Å²) >= 11 is 0. The van der Waals surface area contributed by atoms with Gasteiger partial charge in [0.2, 0.25) is 0 Å². The van der Waals surface area contributed by atoms with Crippen LogP contribution >= 0.6 is 0 Å². The van der Waals surface area contributed by atoms with Crippen molar-refractivity contribution in [1.29, 1.82) is 5.26 Å². The molecule has 0 aromatic heterocycles. The van der Waals surface area contributed by atoms with Gasteiger partial charge in [0.1, 0.15) is 24.9 Å². The van der Waals surface area contributed by atoms with Gasteiger partial charge in [-0.3, -0.25) is 0 Å². The molecule has 0 amide bonds. The summed E-state index contributed by atoms with van der Waals surface area (Å²) in [6.07, 6.45) is 4.40. The molecule has 1 N–H and O–H groups in total. The van der Waals surface area contributed by atoms with E-state index in [4.69, 9.17) is 19.8 Å². The number of hydrogen-bond donors (Lipinski definition) is 1. The number of esters is 2. The second-order valence-corrected chi connectivity index (χ2v) is 4.29. The minimum atomic E-state index is -0.802. The van der Waals surface area contributed by atoms with E-state index < -0.39 is 11.9 Å². The smallest absolute Gasteiger partial charge is 0.349 e. The Balaban J connectivity index is 4.28. The van der Waals surface area contributed by atoms with Gasteiger partial charge >= 0.3 is 11.9 Å². The van der Waals surface area contributed by atoms with E-state index >= 15 is 0 Å². The second kappa shape index (κ2) is 11.1. The largest absolute Gasteiger partial charge is 0.459 e. The monoisotopic (exact) mass is 308 g/mol. The summed E-state index contributed by atoms with van der Waals surface area (Å²) in [4.78, 5) is 24.4. The molecule has 0 saturated carbocycles. The Bertz CT molecular complexity index is 503. The van der Waals surface area contributed by atoms with Gasteiger partial charge in [0.15, 0.2) is 0 Å². The number of hydrogen-bond acceptors (Lipinski definition) is 7. The number of carbonyl (C=O) groups excluding carboxylic acids is 2. The highest BCUT2D eigenvalue weighted by Crippen LogP contribution is 1.99. The molecular weight excluding hydrogens is 288 g/mol. The predicted octanol–water partition coefficient (Wildman–Crippen LogP) is 0.537. The summed E-state index contributed by atoms with van der Waals surface area (Å²) in [6.45, 7) is 5.10. The molecule has 0 unspecified atom stereocenters. The number of aliphatic hydroxyl groups is 1. The van der Waals surface area contributed by atoms with E-state index in [0.29, 0.717) is 6.54 Å². The average molecular weight is 308 g/mol. The zero-order chi connectivity index (χ0) is 17.0. The van der Waals surface area contributed by atoms with Gasteiger partial charge in [-0.2, -0.15) is 5.26 Å². The Morgan fingerprint density at radius 2 is 1.91 bits per heavy atom. The number of nitrogens with zero attached hydrogens (tertiary/aromatic N) is 2. The number of nitriles is 1. The molecule has 0 aromatic rings. The number of allylic oxidation sites excluding steroid dienone is 2. The number of likely N-dealkylation sites (N-methyl/N-ethyl adjacent to an activating group) is 1. The molecule has 0 aromatic carbocycles. The molecule has 0 rings (SSSR count). The van der Waals surface area contributed by atoms with Gasteiger partial charge in [-0.15, -0.1) is 0 Å². The lowest BCUT2D eigenvalue weighted by Crippen LogP contribution is -2.15. The quantitative estimate of drug-likeness (QED) is 0.218. The molecule has 0 saturated heterocycles. The summed E-state index contributed by atoms with van der Waals surface area (Å²) in [7, 11) is 1.74. The van der Waals surface area contributed by atoms with Crippen LogP contribution in [0, 0.1) is 11.3 Å². The van der Waals surface area contributed by atoms with Gasteiger partial charge in [-0.25, -0.2) is 9.59 Å². The molecule has 7 nitrogen and oxygen atoms in total. The van der Waals surface area contributed by atoms with Gasteiger partial charge in [-0.05, 0) is 25.3 Å². The molecule has 0 bridgehead atoms. The first-order valence-electron chi connectivity index (χ1n) is 6.51. The van der Waals surface area contributed by atoms with Crippen molar-refractivity contribution in [3.05, 3.63) is 36.1 Å². The molecule has 0 aliphatic rings. The van der Waals surface area contributed by atoms with Crippen LogP contribution in [0.5, 0.6) is 0 Å². The van der Waals surface area contributed by atoms with Crippen LogP contribution in [-0.4, -0.2) is 55.4 Å². The topological polar surface area (TPSA) is 99.9 Å². The van der Waals surface area contributed by atoms with Gasteiger partial charge in [0.05, 0.1) is 6.61 Å². The van der Waals surface area contributed by atoms with Crippen molar-refractivity contribution in [2.75, 3.05) is 33.4 Å². The second-order valence-electron chi connectivity index (χ2n) is 4.29. The number of aliphatic hydroxyl groups excluding tert-OH is 1. The summed E-state index contributed by atoms with van der Waals surface area (Å²) < 4.78 is 9.55. The molecule has 0 aliphatic heterocycles. The fourth-order valence-electron chi connectivity index (χ4n) is 1.14. The lowest BCUT2D eigenvalue weighted by molar-refractivity contribution is -0.147. The van der Waals surface area contributed by atoms with Crippen molar-refractivity contribution in [2.24, 2.45) is 0 Å². The van der Waals surface area contributed by atoms with Crippen LogP contribution in [0.4, 0.5) is 0 Å². The summed E-state index contributed by atoms with van der Waals surface area (Å²) in [5.41, 5.74) is 0.0703. The van der Waals surface area contributed by atoms with Gasteiger partial charge in [0, 0.05) is 19.2 Å². The Kier molecular flexibility index (Phi) is 9.80. The molecule has 0 spiro atoms. The van der Waals surface area contributed by atoms with Crippen LogP contribution in [0.25, 0.3) is 0 Å². The molecule has 7 heteroatoms. The molecular formula is C15H20N2O5. The Morgan fingerprint density at radius 1 is 1.32 bits per heavy atom. The lowest BCUT2D eigenvalue weighted by Gasteiger charge is -2.10. The van der Waals surface area contributed by atoms with Crippen molar-refractivity contribution in [3.8, 4) is 6.07 Å². The highest BCUT2D eigenvalue weighted by molar-refractivity contribution is 5.93. The van der Waals surface area contributed by atoms with E-state index in [1.165, 1.54) is 19.1 Å². The molecule has 22 heavy (non-hydrogen) atoms. The first-order chi connectivity index (χ1) is 10.4. The summed E-state index contributed by atoms with van der Waals surface area (Å²) in [6, 6.07) is 1.72. The van der Waals surface area contributed by atoms with Crippen LogP contribution in [0.2, 0.25) is 0 Å². The normalized spacial score (nSPS) is 10.9. The maximum atomic E-state index is 11.6. The van der Waals surface area contributed by atoms with Gasteiger partial charge < -0.3 is 19.5 Å². The number of ether oxygens (including phenoxy) is 2. The fourth-order valence-corrected chi connectivity index (χ4v) is 1.14. The van der Waals surface area contributed by atoms with E-state index in [2.05, 4.69) is 6.58 Å². The standard InChI is InChI=1S/C15H20N2O5/c1-12(2)14(19)21-9-10-22-15(20)13(11-16)5-4-6-17(3)7-8-18/h4-6,18H,1,7-10H2,2-3H3/b6-4+,13-5+. The Labute approximate surface area is 129 Å². The predicted molar refractivity (Wildman–Crippen MR) is 79.3 cm³/mol. The first-order valence-corrected chi connectivity index (χ1v) is 6.51. The molecule has 0 aliphatic carbocycles. The SMILES string of the molecule is C=C(C)C(=O)OCCOC(=O)/C(C#N)=C/C=C/N(C)CCO. The zero-order valence-electron chi connectivity index (χ0n) is 12.7. The third-order valence-electron chi connectivity index (χ3n) is 2.29. The average Bonchev–Trinajstić information content (AvgIpc) is 2.47. The number of rotatable bonds is 9. The summed E-state index contributed by atoms with van der Waals surface area (Å²) in [5.74, 6) is -1.37. The Hall–Kier alpha value is -2.59.